The Bertz CT molecular complexity index is 1670. The Balaban J connectivity index is 1.87. The molecule has 0 saturated carbocycles. The number of nitrogens with zero attached hydrogens (tertiary/aromatic N) is 2. The number of methoxy groups -OCH3 is 3. The first-order valence-electron chi connectivity index (χ1n) is 13.8. The Hall–Kier alpha value is -4.05. The van der Waals surface area contributed by atoms with Crippen LogP contribution in [-0.4, -0.2) is 44.6 Å². The van der Waals surface area contributed by atoms with Crippen molar-refractivity contribution >= 4 is 23.4 Å². The molecule has 0 radical (unpaired) electrons. The van der Waals surface area contributed by atoms with Crippen LogP contribution in [0.5, 0.6) is 23.0 Å². The lowest BCUT2D eigenvalue weighted by Crippen LogP contribution is -2.40. The van der Waals surface area contributed by atoms with Gasteiger partial charge in [0.2, 0.25) is 0 Å². The summed E-state index contributed by atoms with van der Waals surface area (Å²) in [6.45, 7) is 10.1. The number of fused-ring (bicyclic) bond motifs is 1. The lowest BCUT2D eigenvalue weighted by Gasteiger charge is -2.26. The molecule has 1 aromatic heterocycles. The predicted molar refractivity (Wildman–Crippen MR) is 162 cm³/mol. The third-order valence-electron chi connectivity index (χ3n) is 6.75. The lowest BCUT2D eigenvalue weighted by atomic mass is 9.95. The van der Waals surface area contributed by atoms with Gasteiger partial charge in [0, 0.05) is 0 Å². The summed E-state index contributed by atoms with van der Waals surface area (Å²) in [5, 5.41) is 0. The highest BCUT2D eigenvalue weighted by molar-refractivity contribution is 7.07. The monoisotopic (exact) mass is 594 g/mol. The number of allylic oxidation sites excluding steroid dienone is 1. The van der Waals surface area contributed by atoms with E-state index in [1.54, 1.807) is 64.9 Å². The molecule has 0 amide bonds. The van der Waals surface area contributed by atoms with Crippen LogP contribution in [0.1, 0.15) is 58.2 Å². The number of thiazole rings is 1. The third kappa shape index (κ3) is 6.54. The minimum atomic E-state index is -0.779. The van der Waals surface area contributed by atoms with E-state index in [0.717, 1.165) is 12.0 Å². The van der Waals surface area contributed by atoms with Crippen LogP contribution in [0.2, 0.25) is 0 Å². The SMILES string of the molecule is COc1ccc(/C=c2\sc3n(c2=O)C(c2ccc(OCCC(C)C)c(OC)c2)C(C(=O)OC(C)C)=C(C)N=3)cc1OC. The van der Waals surface area contributed by atoms with Gasteiger partial charge in [-0.15, -0.1) is 0 Å². The molecule has 1 aliphatic rings. The van der Waals surface area contributed by atoms with E-state index in [1.807, 2.05) is 24.3 Å². The summed E-state index contributed by atoms with van der Waals surface area (Å²) in [5.74, 6) is 2.21. The lowest BCUT2D eigenvalue weighted by molar-refractivity contribution is -0.143. The van der Waals surface area contributed by atoms with Crippen LogP contribution in [-0.2, 0) is 9.53 Å². The van der Waals surface area contributed by atoms with Gasteiger partial charge < -0.3 is 23.7 Å². The second kappa shape index (κ2) is 13.3. The van der Waals surface area contributed by atoms with Gasteiger partial charge in [0.1, 0.15) is 0 Å². The summed E-state index contributed by atoms with van der Waals surface area (Å²) in [4.78, 5) is 32.6. The minimum Gasteiger partial charge on any atom is -0.493 e. The molecule has 0 spiro atoms. The molecule has 1 unspecified atom stereocenters. The molecule has 224 valence electrons. The number of rotatable bonds is 11. The highest BCUT2D eigenvalue weighted by atomic mass is 32.1. The van der Waals surface area contributed by atoms with Crippen LogP contribution >= 0.6 is 11.3 Å². The fourth-order valence-electron chi connectivity index (χ4n) is 4.65. The van der Waals surface area contributed by atoms with Gasteiger partial charge in [-0.05, 0) is 74.6 Å². The van der Waals surface area contributed by atoms with Crippen LogP contribution < -0.4 is 33.8 Å². The largest absolute Gasteiger partial charge is 0.493 e. The fraction of sp³-hybridized carbons (Fsp3) is 0.406. The summed E-state index contributed by atoms with van der Waals surface area (Å²) in [7, 11) is 4.70. The second-order valence-electron chi connectivity index (χ2n) is 10.6. The molecule has 1 atom stereocenters. The van der Waals surface area contributed by atoms with Gasteiger partial charge in [0.05, 0.1) is 55.9 Å². The number of ether oxygens (including phenoxy) is 5. The van der Waals surface area contributed by atoms with Crippen molar-refractivity contribution < 1.29 is 28.5 Å². The molecule has 0 bridgehead atoms. The second-order valence-corrected chi connectivity index (χ2v) is 11.6. The molecule has 0 N–H and O–H groups in total. The molecule has 3 aromatic rings. The predicted octanol–water partition coefficient (Wildman–Crippen LogP) is 4.64. The fourth-order valence-corrected chi connectivity index (χ4v) is 5.69. The summed E-state index contributed by atoms with van der Waals surface area (Å²) in [6, 6.07) is 10.1. The summed E-state index contributed by atoms with van der Waals surface area (Å²) in [5.41, 5.74) is 1.93. The number of carbonyl (C=O) groups excluding carboxylic acids is 1. The standard InChI is InChI=1S/C32H38N2O7S/c1-18(2)13-14-40-24-12-10-22(17-26(24)39-8)29-28(31(36)41-19(3)4)20(5)33-32-34(29)30(35)27(42-32)16-21-9-11-23(37-6)25(15-21)38-7/h9-12,15-19,29H,13-14H2,1-8H3/b27-16-. The van der Waals surface area contributed by atoms with Crippen molar-refractivity contribution in [2.75, 3.05) is 27.9 Å². The molecule has 4 rings (SSSR count). The van der Waals surface area contributed by atoms with Gasteiger partial charge in [-0.2, -0.15) is 0 Å². The normalized spacial score (nSPS) is 15.0. The topological polar surface area (TPSA) is 97.6 Å². The van der Waals surface area contributed by atoms with Crippen LogP contribution in [0.15, 0.2) is 57.5 Å². The highest BCUT2D eigenvalue weighted by Gasteiger charge is 2.34. The van der Waals surface area contributed by atoms with E-state index in [9.17, 15) is 9.59 Å². The zero-order valence-electron chi connectivity index (χ0n) is 25.3. The smallest absolute Gasteiger partial charge is 0.338 e. The molecule has 10 heteroatoms. The number of esters is 1. The van der Waals surface area contributed by atoms with Gasteiger partial charge in [0.15, 0.2) is 27.8 Å². The van der Waals surface area contributed by atoms with E-state index in [2.05, 4.69) is 18.8 Å². The van der Waals surface area contributed by atoms with Crippen LogP contribution in [0, 0.1) is 5.92 Å². The van der Waals surface area contributed by atoms with Gasteiger partial charge in [-0.1, -0.05) is 37.3 Å². The van der Waals surface area contributed by atoms with E-state index in [-0.39, 0.29) is 11.7 Å². The Morgan fingerprint density at radius 2 is 1.64 bits per heavy atom. The van der Waals surface area contributed by atoms with Gasteiger partial charge in [-0.25, -0.2) is 9.79 Å². The van der Waals surface area contributed by atoms with Crippen molar-refractivity contribution in [2.45, 2.75) is 53.2 Å². The molecular weight excluding hydrogens is 556 g/mol. The Kier molecular flexibility index (Phi) is 9.78. The van der Waals surface area contributed by atoms with Crippen molar-refractivity contribution in [3.05, 3.63) is 78.5 Å². The van der Waals surface area contributed by atoms with Gasteiger partial charge in [-0.3, -0.25) is 9.36 Å². The van der Waals surface area contributed by atoms with E-state index in [4.69, 9.17) is 23.7 Å². The van der Waals surface area contributed by atoms with Crippen molar-refractivity contribution in [1.82, 2.24) is 4.57 Å². The van der Waals surface area contributed by atoms with Crippen molar-refractivity contribution in [2.24, 2.45) is 10.9 Å². The quantitative estimate of drug-likeness (QED) is 0.299. The third-order valence-corrected chi connectivity index (χ3v) is 7.73. The average Bonchev–Trinajstić information content (AvgIpc) is 3.25. The van der Waals surface area contributed by atoms with Crippen LogP contribution in [0.25, 0.3) is 6.08 Å². The molecule has 9 nitrogen and oxygen atoms in total. The van der Waals surface area contributed by atoms with Gasteiger partial charge >= 0.3 is 5.97 Å². The minimum absolute atomic E-state index is 0.280. The van der Waals surface area contributed by atoms with Crippen LogP contribution in [0.3, 0.4) is 0 Å². The first kappa shape index (κ1) is 30.9. The molecule has 0 aliphatic carbocycles. The Labute approximate surface area is 249 Å². The first-order valence-corrected chi connectivity index (χ1v) is 14.7. The van der Waals surface area contributed by atoms with E-state index in [0.29, 0.717) is 61.7 Å². The highest BCUT2D eigenvalue weighted by Crippen LogP contribution is 2.36. The summed E-state index contributed by atoms with van der Waals surface area (Å²) < 4.78 is 30.1. The molecule has 0 saturated heterocycles. The van der Waals surface area contributed by atoms with Crippen LogP contribution in [0.4, 0.5) is 0 Å². The number of hydrogen-bond acceptors (Lipinski definition) is 9. The maximum atomic E-state index is 14.0. The average molecular weight is 595 g/mol. The van der Waals surface area contributed by atoms with Crippen molar-refractivity contribution in [3.63, 3.8) is 0 Å². The number of carbonyl (C=O) groups is 1. The number of aromatic nitrogens is 1. The molecule has 1 aliphatic heterocycles. The zero-order chi connectivity index (χ0) is 30.6. The van der Waals surface area contributed by atoms with Gasteiger partial charge in [0.25, 0.3) is 5.56 Å². The summed E-state index contributed by atoms with van der Waals surface area (Å²) in [6.07, 6.45) is 2.33. The van der Waals surface area contributed by atoms with Crippen molar-refractivity contribution in [3.8, 4) is 23.0 Å². The zero-order valence-corrected chi connectivity index (χ0v) is 26.2. The maximum absolute atomic E-state index is 14.0. The van der Waals surface area contributed by atoms with E-state index >= 15 is 0 Å². The number of hydrogen-bond donors (Lipinski definition) is 0. The van der Waals surface area contributed by atoms with E-state index < -0.39 is 12.0 Å². The Morgan fingerprint density at radius 1 is 0.976 bits per heavy atom. The molecular formula is C32H38N2O7S. The maximum Gasteiger partial charge on any atom is 0.338 e. The molecule has 2 aromatic carbocycles. The number of benzene rings is 2. The molecule has 0 fully saturated rings. The summed E-state index contributed by atoms with van der Waals surface area (Å²) >= 11 is 1.25. The molecule has 42 heavy (non-hydrogen) atoms. The van der Waals surface area contributed by atoms with Crippen molar-refractivity contribution in [1.29, 1.82) is 0 Å². The first-order chi connectivity index (χ1) is 20.1. The Morgan fingerprint density at radius 3 is 2.29 bits per heavy atom. The van der Waals surface area contributed by atoms with E-state index in [1.165, 1.54) is 11.3 Å². The molecule has 2 heterocycles.